The standard InChI is InChI=1S/Co.2NO3.H2O/c;2*2-1(3)4;/h;;;1H2/q+2;2*-1;. The summed E-state index contributed by atoms with van der Waals surface area (Å²) in [5.74, 6) is 0. The fourth-order valence-electron chi connectivity index (χ4n) is 0. The first-order valence-electron chi connectivity index (χ1n) is 1.10. The van der Waals surface area contributed by atoms with Crippen molar-refractivity contribution in [1.82, 2.24) is 0 Å². The molecule has 0 aromatic rings. The van der Waals surface area contributed by atoms with Crippen LogP contribution < -0.4 is 0 Å². The second-order valence-electron chi connectivity index (χ2n) is 0.447. The van der Waals surface area contributed by atoms with E-state index in [1.807, 2.05) is 0 Å². The maximum absolute atomic E-state index is 8.25. The summed E-state index contributed by atoms with van der Waals surface area (Å²) >= 11 is 0. The zero-order valence-electron chi connectivity index (χ0n) is 4.18. The van der Waals surface area contributed by atoms with Crippen molar-refractivity contribution in [2.24, 2.45) is 0 Å². The molecule has 0 spiro atoms. The van der Waals surface area contributed by atoms with Gasteiger partial charge in [-0.05, 0) is 0 Å². The van der Waals surface area contributed by atoms with E-state index in [1.165, 1.54) is 0 Å². The van der Waals surface area contributed by atoms with Crippen molar-refractivity contribution in [3.8, 4) is 0 Å². The van der Waals surface area contributed by atoms with Gasteiger partial charge in [-0.2, -0.15) is 0 Å². The Kier molecular flexibility index (Phi) is 36.3. The van der Waals surface area contributed by atoms with Crippen LogP contribution in [-0.2, 0) is 16.8 Å². The second-order valence-corrected chi connectivity index (χ2v) is 0.447. The maximum Gasteiger partial charge on any atom is 2.00 e. The predicted octanol–water partition coefficient (Wildman–Crippen LogP) is -1.31. The van der Waals surface area contributed by atoms with Crippen molar-refractivity contribution >= 4 is 0 Å². The molecule has 0 bridgehead atoms. The normalized spacial score (nSPS) is 4.80. The molecule has 0 unspecified atom stereocenters. The van der Waals surface area contributed by atoms with Gasteiger partial charge in [-0.15, -0.1) is 0 Å². The van der Waals surface area contributed by atoms with Gasteiger partial charge in [0.2, 0.25) is 0 Å². The van der Waals surface area contributed by atoms with Crippen LogP contribution in [0.25, 0.3) is 0 Å². The third kappa shape index (κ3) is 184. The van der Waals surface area contributed by atoms with E-state index < -0.39 is 10.2 Å². The Morgan fingerprint density at radius 2 is 0.800 bits per heavy atom. The summed E-state index contributed by atoms with van der Waals surface area (Å²) in [5.41, 5.74) is 0. The van der Waals surface area contributed by atoms with Crippen molar-refractivity contribution in [3.05, 3.63) is 30.6 Å². The zero-order valence-corrected chi connectivity index (χ0v) is 5.22. The quantitative estimate of drug-likeness (QED) is 0.348. The van der Waals surface area contributed by atoms with Gasteiger partial charge in [-0.25, -0.2) is 0 Å². The number of hydrogen-bond donors (Lipinski definition) is 0. The van der Waals surface area contributed by atoms with Crippen LogP contribution in [0.5, 0.6) is 0 Å². The molecule has 10 heavy (non-hydrogen) atoms. The summed E-state index contributed by atoms with van der Waals surface area (Å²) in [6.45, 7) is 0. The van der Waals surface area contributed by atoms with Crippen LogP contribution in [0.4, 0.5) is 0 Å². The van der Waals surface area contributed by atoms with Crippen molar-refractivity contribution in [3.63, 3.8) is 0 Å². The summed E-state index contributed by atoms with van der Waals surface area (Å²) in [6.07, 6.45) is 0. The molecule has 0 saturated carbocycles. The average molecular weight is 201 g/mol. The van der Waals surface area contributed by atoms with Crippen LogP contribution in [-0.4, -0.2) is 15.6 Å². The minimum Gasteiger partial charge on any atom is -0.412 e. The Labute approximate surface area is 64.0 Å². The number of rotatable bonds is 0. The topological polar surface area (TPSA) is 164 Å². The molecule has 0 saturated heterocycles. The number of nitrogens with zero attached hydrogens (tertiary/aromatic N) is 2. The first-order chi connectivity index (χ1) is 3.46. The monoisotopic (exact) mass is 201 g/mol. The molecule has 9 nitrogen and oxygen atoms in total. The molecule has 0 heterocycles. The average Bonchev–Trinajstić information content (AvgIpc) is 1.25. The summed E-state index contributed by atoms with van der Waals surface area (Å²) in [7, 11) is 0. The van der Waals surface area contributed by atoms with E-state index in [-0.39, 0.29) is 22.3 Å². The van der Waals surface area contributed by atoms with E-state index >= 15 is 0 Å². The fourth-order valence-corrected chi connectivity index (χ4v) is 0. The van der Waals surface area contributed by atoms with Crippen LogP contribution >= 0.6 is 0 Å². The van der Waals surface area contributed by atoms with E-state index in [9.17, 15) is 0 Å². The van der Waals surface area contributed by atoms with E-state index in [4.69, 9.17) is 30.6 Å². The Balaban J connectivity index is -0.0000000300. The summed E-state index contributed by atoms with van der Waals surface area (Å²) < 4.78 is 0. The Morgan fingerprint density at radius 1 is 0.800 bits per heavy atom. The van der Waals surface area contributed by atoms with Gasteiger partial charge in [0.15, 0.2) is 0 Å². The zero-order chi connectivity index (χ0) is 7.15. The van der Waals surface area contributed by atoms with Gasteiger partial charge >= 0.3 is 16.8 Å². The third-order valence-electron chi connectivity index (χ3n) is 0. The molecule has 0 aliphatic rings. The Morgan fingerprint density at radius 3 is 0.800 bits per heavy atom. The van der Waals surface area contributed by atoms with Crippen LogP contribution in [0.15, 0.2) is 0 Å². The molecule has 0 rings (SSSR count). The minimum atomic E-state index is -1.75. The van der Waals surface area contributed by atoms with Crippen molar-refractivity contribution < 1.29 is 32.4 Å². The van der Waals surface area contributed by atoms with Gasteiger partial charge in [-0.1, -0.05) is 0 Å². The molecule has 0 atom stereocenters. The van der Waals surface area contributed by atoms with Crippen LogP contribution in [0, 0.1) is 30.6 Å². The molecule has 0 fully saturated rings. The smallest absolute Gasteiger partial charge is 0.412 e. The Hall–Kier alpha value is -1.13. The second kappa shape index (κ2) is 15.7. The van der Waals surface area contributed by atoms with Gasteiger partial charge < -0.3 is 36.1 Å². The van der Waals surface area contributed by atoms with Crippen molar-refractivity contribution in [2.45, 2.75) is 0 Å². The Bertz CT molecular complexity index is 69.6. The minimum absolute atomic E-state index is 0. The van der Waals surface area contributed by atoms with E-state index in [1.54, 1.807) is 0 Å². The van der Waals surface area contributed by atoms with Crippen molar-refractivity contribution in [1.29, 1.82) is 0 Å². The molecule has 10 heteroatoms. The molecule has 0 aliphatic heterocycles. The maximum atomic E-state index is 8.25. The largest absolute Gasteiger partial charge is 2.00 e. The van der Waals surface area contributed by atoms with Crippen LogP contribution in [0.3, 0.4) is 0 Å². The summed E-state index contributed by atoms with van der Waals surface area (Å²) in [4.78, 5) is 16.5. The molecule has 63 valence electrons. The van der Waals surface area contributed by atoms with Gasteiger partial charge in [0.05, 0.1) is 10.2 Å². The first kappa shape index (κ1) is 23.2. The molecular formula is H2CoN2O7. The molecule has 1 radical (unpaired) electrons. The first-order valence-corrected chi connectivity index (χ1v) is 1.10. The molecule has 0 aromatic carbocycles. The van der Waals surface area contributed by atoms with Gasteiger partial charge in [-0.3, -0.25) is 0 Å². The SMILES string of the molecule is O.O=[N+]([O-])[O-].O=[N+]([O-])[O-].[Co+2]. The summed E-state index contributed by atoms with van der Waals surface area (Å²) in [5, 5.41) is 29.5. The molecule has 0 amide bonds. The van der Waals surface area contributed by atoms with Gasteiger partial charge in [0.25, 0.3) is 0 Å². The van der Waals surface area contributed by atoms with Crippen LogP contribution in [0.2, 0.25) is 0 Å². The molecule has 0 aromatic heterocycles. The predicted molar refractivity (Wildman–Crippen MR) is 24.3 cm³/mol. The van der Waals surface area contributed by atoms with Crippen molar-refractivity contribution in [2.75, 3.05) is 0 Å². The summed E-state index contributed by atoms with van der Waals surface area (Å²) in [6, 6.07) is 0. The molecule has 0 aliphatic carbocycles. The fraction of sp³-hybridized carbons (Fsp3) is 0. The van der Waals surface area contributed by atoms with Gasteiger partial charge in [0.1, 0.15) is 0 Å². The molecular weight excluding hydrogens is 199 g/mol. The van der Waals surface area contributed by atoms with Gasteiger partial charge in [0, 0.05) is 0 Å². The number of hydrogen-bond acceptors (Lipinski definition) is 6. The van der Waals surface area contributed by atoms with E-state index in [0.717, 1.165) is 0 Å². The van der Waals surface area contributed by atoms with Crippen LogP contribution in [0.1, 0.15) is 0 Å². The molecule has 2 N–H and O–H groups in total. The third-order valence-corrected chi connectivity index (χ3v) is 0. The van der Waals surface area contributed by atoms with E-state index in [0.29, 0.717) is 0 Å². The van der Waals surface area contributed by atoms with E-state index in [2.05, 4.69) is 0 Å².